The molecule has 0 spiro atoms. The van der Waals surface area contributed by atoms with Gasteiger partial charge in [-0.1, -0.05) is 0 Å². The summed E-state index contributed by atoms with van der Waals surface area (Å²) in [6.07, 6.45) is -4.40. The number of fused-ring (bicyclic) bond motifs is 2. The summed E-state index contributed by atoms with van der Waals surface area (Å²) in [4.78, 5) is 14.1. The van der Waals surface area contributed by atoms with Gasteiger partial charge in [0.1, 0.15) is 5.69 Å². The van der Waals surface area contributed by atoms with Gasteiger partial charge in [-0.2, -0.15) is 13.2 Å². The molecule has 0 radical (unpaired) electrons. The van der Waals surface area contributed by atoms with E-state index in [0.29, 0.717) is 16.6 Å². The molecule has 19 heavy (non-hydrogen) atoms. The predicted molar refractivity (Wildman–Crippen MR) is 65.0 cm³/mol. The van der Waals surface area contributed by atoms with Gasteiger partial charge >= 0.3 is 6.18 Å². The summed E-state index contributed by atoms with van der Waals surface area (Å²) in [6.45, 7) is 3.49. The zero-order chi connectivity index (χ0) is 14.0. The SMILES string of the molecule is CC1(C)C(=O)Nc2cc3[nH]c(C(F)(F)F)cc3cc21. The van der Waals surface area contributed by atoms with Crippen molar-refractivity contribution in [2.24, 2.45) is 0 Å². The van der Waals surface area contributed by atoms with Crippen LogP contribution in [0.15, 0.2) is 18.2 Å². The highest BCUT2D eigenvalue weighted by Gasteiger charge is 2.39. The highest BCUT2D eigenvalue weighted by molar-refractivity contribution is 6.08. The van der Waals surface area contributed by atoms with Crippen LogP contribution < -0.4 is 5.32 Å². The van der Waals surface area contributed by atoms with Crippen LogP contribution in [0.4, 0.5) is 18.9 Å². The predicted octanol–water partition coefficient (Wildman–Crippen LogP) is 3.42. The highest BCUT2D eigenvalue weighted by Crippen LogP contribution is 2.41. The van der Waals surface area contributed by atoms with E-state index >= 15 is 0 Å². The van der Waals surface area contributed by atoms with Crippen molar-refractivity contribution in [3.63, 3.8) is 0 Å². The molecule has 0 atom stereocenters. The fourth-order valence-electron chi connectivity index (χ4n) is 2.35. The van der Waals surface area contributed by atoms with Gasteiger partial charge in [0.2, 0.25) is 5.91 Å². The molecule has 1 aliphatic heterocycles. The van der Waals surface area contributed by atoms with Gasteiger partial charge in [0.15, 0.2) is 0 Å². The minimum absolute atomic E-state index is 0.147. The smallest absolute Gasteiger partial charge is 0.351 e. The maximum atomic E-state index is 12.6. The van der Waals surface area contributed by atoms with E-state index in [1.807, 2.05) is 0 Å². The van der Waals surface area contributed by atoms with Gasteiger partial charge < -0.3 is 10.3 Å². The number of aromatic amines is 1. The molecule has 0 aliphatic carbocycles. The number of hydrogen-bond acceptors (Lipinski definition) is 1. The minimum Gasteiger partial charge on any atom is -0.351 e. The van der Waals surface area contributed by atoms with Crippen molar-refractivity contribution in [1.29, 1.82) is 0 Å². The third kappa shape index (κ3) is 1.63. The lowest BCUT2D eigenvalue weighted by Gasteiger charge is -2.14. The minimum atomic E-state index is -4.40. The molecule has 1 aromatic carbocycles. The van der Waals surface area contributed by atoms with Gasteiger partial charge in [-0.25, -0.2) is 0 Å². The first kappa shape index (κ1) is 12.1. The van der Waals surface area contributed by atoms with Crippen LogP contribution in [0, 0.1) is 0 Å². The van der Waals surface area contributed by atoms with Crippen LogP contribution in [0.3, 0.4) is 0 Å². The summed E-state index contributed by atoms with van der Waals surface area (Å²) in [5.74, 6) is -0.147. The lowest BCUT2D eigenvalue weighted by atomic mass is 9.86. The molecule has 0 saturated heterocycles. The number of alkyl halides is 3. The summed E-state index contributed by atoms with van der Waals surface area (Å²) in [5, 5.41) is 3.14. The molecule has 1 aromatic heterocycles. The number of hydrogen-bond donors (Lipinski definition) is 2. The van der Waals surface area contributed by atoms with E-state index in [2.05, 4.69) is 10.3 Å². The molecule has 1 amide bonds. The van der Waals surface area contributed by atoms with Gasteiger partial charge in [-0.05, 0) is 37.6 Å². The van der Waals surface area contributed by atoms with E-state index in [0.717, 1.165) is 11.6 Å². The average molecular weight is 268 g/mol. The zero-order valence-electron chi connectivity index (χ0n) is 10.3. The standard InChI is InChI=1S/C13H11F3N2O/c1-12(2)7-3-6-4-10(13(14,15)16)17-8(6)5-9(7)18-11(12)19/h3-5,17H,1-2H3,(H,18,19). The summed E-state index contributed by atoms with van der Waals surface area (Å²) in [5.41, 5.74) is 0.148. The van der Waals surface area contributed by atoms with Crippen LogP contribution in [0.25, 0.3) is 10.9 Å². The summed E-state index contributed by atoms with van der Waals surface area (Å²) in [6, 6.07) is 4.25. The van der Waals surface area contributed by atoms with Crippen LogP contribution >= 0.6 is 0 Å². The molecule has 6 heteroatoms. The number of rotatable bonds is 0. The normalized spacial score (nSPS) is 17.6. The van der Waals surface area contributed by atoms with Crippen molar-refractivity contribution in [3.05, 3.63) is 29.5 Å². The Morgan fingerprint density at radius 1 is 1.16 bits per heavy atom. The van der Waals surface area contributed by atoms with E-state index in [1.165, 1.54) is 0 Å². The Balaban J connectivity index is 2.22. The zero-order valence-corrected chi connectivity index (χ0v) is 10.3. The van der Waals surface area contributed by atoms with Gasteiger partial charge in [-0.15, -0.1) is 0 Å². The Kier molecular flexibility index (Phi) is 2.11. The monoisotopic (exact) mass is 268 g/mol. The maximum absolute atomic E-state index is 12.6. The van der Waals surface area contributed by atoms with E-state index in [4.69, 9.17) is 0 Å². The Labute approximate surface area is 106 Å². The molecular weight excluding hydrogens is 257 g/mol. The number of benzene rings is 1. The fraction of sp³-hybridized carbons (Fsp3) is 0.308. The molecule has 100 valence electrons. The van der Waals surface area contributed by atoms with E-state index in [9.17, 15) is 18.0 Å². The molecule has 3 nitrogen and oxygen atoms in total. The van der Waals surface area contributed by atoms with Crippen molar-refractivity contribution in [3.8, 4) is 0 Å². The van der Waals surface area contributed by atoms with Crippen LogP contribution in [-0.4, -0.2) is 10.9 Å². The summed E-state index contributed by atoms with van der Waals surface area (Å²) < 4.78 is 37.9. The number of amides is 1. The molecule has 3 rings (SSSR count). The number of carbonyl (C=O) groups is 1. The van der Waals surface area contributed by atoms with E-state index in [-0.39, 0.29) is 5.91 Å². The highest BCUT2D eigenvalue weighted by atomic mass is 19.4. The number of H-pyrrole nitrogens is 1. The number of nitrogens with one attached hydrogen (secondary N) is 2. The quantitative estimate of drug-likeness (QED) is 0.755. The number of anilines is 1. The second kappa shape index (κ2) is 3.31. The van der Waals surface area contributed by atoms with Gasteiger partial charge in [0.05, 0.1) is 5.41 Å². The van der Waals surface area contributed by atoms with E-state index < -0.39 is 17.3 Å². The number of aromatic nitrogens is 1. The molecule has 0 fully saturated rings. The molecule has 2 heterocycles. The molecule has 0 unspecified atom stereocenters. The maximum Gasteiger partial charge on any atom is 0.431 e. The molecule has 2 aromatic rings. The second-order valence-electron chi connectivity index (χ2n) is 5.24. The van der Waals surface area contributed by atoms with Crippen molar-refractivity contribution in [2.45, 2.75) is 25.4 Å². The third-order valence-electron chi connectivity index (χ3n) is 3.55. The second-order valence-corrected chi connectivity index (χ2v) is 5.24. The first-order valence-corrected chi connectivity index (χ1v) is 5.75. The first-order chi connectivity index (χ1) is 8.69. The number of halogens is 3. The van der Waals surface area contributed by atoms with Gasteiger partial charge in [-0.3, -0.25) is 4.79 Å². The van der Waals surface area contributed by atoms with Crippen molar-refractivity contribution in [2.75, 3.05) is 5.32 Å². The summed E-state index contributed by atoms with van der Waals surface area (Å²) >= 11 is 0. The fourth-order valence-corrected chi connectivity index (χ4v) is 2.35. The molecule has 0 saturated carbocycles. The van der Waals surface area contributed by atoms with Crippen LogP contribution in [-0.2, 0) is 16.4 Å². The lowest BCUT2D eigenvalue weighted by Crippen LogP contribution is -2.26. The van der Waals surface area contributed by atoms with Crippen LogP contribution in [0.5, 0.6) is 0 Å². The van der Waals surface area contributed by atoms with E-state index in [1.54, 1.807) is 26.0 Å². The lowest BCUT2D eigenvalue weighted by molar-refractivity contribution is -0.140. The Morgan fingerprint density at radius 2 is 1.84 bits per heavy atom. The van der Waals surface area contributed by atoms with Crippen molar-refractivity contribution >= 4 is 22.5 Å². The molecule has 1 aliphatic rings. The molecule has 0 bridgehead atoms. The summed E-state index contributed by atoms with van der Waals surface area (Å²) in [7, 11) is 0. The average Bonchev–Trinajstić information content (AvgIpc) is 2.77. The van der Waals surface area contributed by atoms with Gasteiger partial charge in [0, 0.05) is 16.6 Å². The van der Waals surface area contributed by atoms with Crippen LogP contribution in [0.2, 0.25) is 0 Å². The van der Waals surface area contributed by atoms with Gasteiger partial charge in [0.25, 0.3) is 0 Å². The Morgan fingerprint density at radius 3 is 2.47 bits per heavy atom. The van der Waals surface area contributed by atoms with Crippen molar-refractivity contribution in [1.82, 2.24) is 4.98 Å². The Bertz CT molecular complexity index is 698. The first-order valence-electron chi connectivity index (χ1n) is 5.75. The van der Waals surface area contributed by atoms with Crippen molar-refractivity contribution < 1.29 is 18.0 Å². The molecular formula is C13H11F3N2O. The van der Waals surface area contributed by atoms with Crippen LogP contribution in [0.1, 0.15) is 25.1 Å². The molecule has 2 N–H and O–H groups in total. The largest absolute Gasteiger partial charge is 0.431 e. The third-order valence-corrected chi connectivity index (χ3v) is 3.55. The topological polar surface area (TPSA) is 44.9 Å². The Hall–Kier alpha value is -1.98. The number of carbonyl (C=O) groups excluding carboxylic acids is 1.